The van der Waals surface area contributed by atoms with Gasteiger partial charge in [-0.15, -0.1) is 0 Å². The highest BCUT2D eigenvalue weighted by molar-refractivity contribution is 9.10. The van der Waals surface area contributed by atoms with Gasteiger partial charge in [0, 0.05) is 12.1 Å². The van der Waals surface area contributed by atoms with E-state index in [-0.39, 0.29) is 0 Å². The lowest BCUT2D eigenvalue weighted by Gasteiger charge is -2.01. The van der Waals surface area contributed by atoms with Gasteiger partial charge in [-0.2, -0.15) is 0 Å². The summed E-state index contributed by atoms with van der Waals surface area (Å²) in [6.07, 6.45) is 1.91. The number of imidazole rings is 1. The van der Waals surface area contributed by atoms with Gasteiger partial charge in [0.2, 0.25) is 0 Å². The molecule has 0 saturated carbocycles. The summed E-state index contributed by atoms with van der Waals surface area (Å²) in [7, 11) is 2.01. The minimum atomic E-state index is 0.781. The van der Waals surface area contributed by atoms with Gasteiger partial charge in [-0.1, -0.05) is 23.7 Å². The summed E-state index contributed by atoms with van der Waals surface area (Å²) < 4.78 is 3.13. The van der Waals surface area contributed by atoms with Gasteiger partial charge in [-0.3, -0.25) is 0 Å². The fraction of sp³-hybridized carbons (Fsp3) is 0.308. The van der Waals surface area contributed by atoms with Crippen molar-refractivity contribution in [2.45, 2.75) is 19.8 Å². The largest absolute Gasteiger partial charge is 0.326 e. The van der Waals surface area contributed by atoms with Crippen molar-refractivity contribution in [1.82, 2.24) is 9.55 Å². The topological polar surface area (TPSA) is 17.8 Å². The van der Waals surface area contributed by atoms with E-state index in [4.69, 9.17) is 11.6 Å². The molecule has 0 aliphatic rings. The molecule has 0 unspecified atom stereocenters. The molecule has 1 aromatic heterocycles. The first-order chi connectivity index (χ1) is 8.08. The third-order valence-corrected chi connectivity index (χ3v) is 4.12. The second kappa shape index (κ2) is 5.23. The zero-order valence-corrected chi connectivity index (χ0v) is 12.2. The molecule has 17 heavy (non-hydrogen) atoms. The van der Waals surface area contributed by atoms with Gasteiger partial charge in [0.05, 0.1) is 5.69 Å². The second-order valence-electron chi connectivity index (χ2n) is 4.08. The van der Waals surface area contributed by atoms with E-state index < -0.39 is 0 Å². The van der Waals surface area contributed by atoms with Crippen LogP contribution in [-0.4, -0.2) is 9.55 Å². The summed E-state index contributed by atoms with van der Waals surface area (Å²) in [4.78, 5) is 4.53. The molecule has 0 aliphatic carbocycles. The SMILES string of the molecule is Cc1nc(CCc2ccc(Cl)cc2)c(Br)n1C. The van der Waals surface area contributed by atoms with Crippen LogP contribution in [0.25, 0.3) is 0 Å². The Bertz CT molecular complexity index is 517. The fourth-order valence-corrected chi connectivity index (χ4v) is 2.39. The maximum Gasteiger partial charge on any atom is 0.108 e. The molecule has 2 nitrogen and oxygen atoms in total. The third-order valence-electron chi connectivity index (χ3n) is 2.88. The third kappa shape index (κ3) is 2.90. The van der Waals surface area contributed by atoms with Crippen LogP contribution >= 0.6 is 27.5 Å². The number of nitrogens with zero attached hydrogens (tertiary/aromatic N) is 2. The van der Waals surface area contributed by atoms with Gasteiger partial charge >= 0.3 is 0 Å². The maximum absolute atomic E-state index is 5.85. The van der Waals surface area contributed by atoms with Gasteiger partial charge in [0.1, 0.15) is 10.4 Å². The standard InChI is InChI=1S/C13H14BrClN2/c1-9-16-12(13(14)17(9)2)8-5-10-3-6-11(15)7-4-10/h3-4,6-7H,5,8H2,1-2H3. The number of halogens is 2. The molecule has 0 bridgehead atoms. The van der Waals surface area contributed by atoms with E-state index in [2.05, 4.69) is 37.6 Å². The van der Waals surface area contributed by atoms with E-state index in [0.717, 1.165) is 34.0 Å². The molecule has 0 atom stereocenters. The summed E-state index contributed by atoms with van der Waals surface area (Å²) in [6, 6.07) is 7.98. The van der Waals surface area contributed by atoms with Crippen LogP contribution in [0.1, 0.15) is 17.1 Å². The van der Waals surface area contributed by atoms with E-state index in [1.807, 2.05) is 26.1 Å². The molecule has 0 spiro atoms. The Morgan fingerprint density at radius 2 is 1.88 bits per heavy atom. The van der Waals surface area contributed by atoms with E-state index >= 15 is 0 Å². The molecule has 1 aromatic carbocycles. The summed E-state index contributed by atoms with van der Waals surface area (Å²) in [5.41, 5.74) is 2.39. The highest BCUT2D eigenvalue weighted by Crippen LogP contribution is 2.19. The number of aryl methyl sites for hydroxylation is 3. The average Bonchev–Trinajstić information content (AvgIpc) is 2.56. The van der Waals surface area contributed by atoms with Gasteiger partial charge in [0.25, 0.3) is 0 Å². The summed E-state index contributed by atoms with van der Waals surface area (Å²) >= 11 is 9.42. The molecule has 0 fully saturated rings. The minimum absolute atomic E-state index is 0.781. The molecular weight excluding hydrogens is 300 g/mol. The van der Waals surface area contributed by atoms with Crippen molar-refractivity contribution in [1.29, 1.82) is 0 Å². The monoisotopic (exact) mass is 312 g/mol. The highest BCUT2D eigenvalue weighted by atomic mass is 79.9. The van der Waals surface area contributed by atoms with Crippen LogP contribution in [0.3, 0.4) is 0 Å². The Morgan fingerprint density at radius 3 is 2.41 bits per heavy atom. The van der Waals surface area contributed by atoms with Crippen molar-refractivity contribution >= 4 is 27.5 Å². The molecule has 2 aromatic rings. The molecule has 4 heteroatoms. The average molecular weight is 314 g/mol. The lowest BCUT2D eigenvalue weighted by Crippen LogP contribution is -1.93. The Hall–Kier alpha value is -0.800. The van der Waals surface area contributed by atoms with E-state index in [1.165, 1.54) is 5.56 Å². The number of rotatable bonds is 3. The first-order valence-electron chi connectivity index (χ1n) is 5.50. The van der Waals surface area contributed by atoms with Crippen LogP contribution in [0, 0.1) is 6.92 Å². The van der Waals surface area contributed by atoms with Crippen LogP contribution in [0.2, 0.25) is 5.02 Å². The molecule has 0 amide bonds. The normalized spacial score (nSPS) is 10.8. The Balaban J connectivity index is 2.07. The van der Waals surface area contributed by atoms with Crippen molar-refractivity contribution in [3.05, 3.63) is 51.0 Å². The Morgan fingerprint density at radius 1 is 1.24 bits per heavy atom. The summed E-state index contributed by atoms with van der Waals surface area (Å²) in [5, 5.41) is 0.781. The van der Waals surface area contributed by atoms with E-state index in [1.54, 1.807) is 0 Å². The van der Waals surface area contributed by atoms with E-state index in [9.17, 15) is 0 Å². The van der Waals surface area contributed by atoms with E-state index in [0.29, 0.717) is 0 Å². The molecule has 0 N–H and O–H groups in total. The minimum Gasteiger partial charge on any atom is -0.326 e. The predicted octanol–water partition coefficient (Wildman–Crippen LogP) is 3.93. The zero-order chi connectivity index (χ0) is 12.4. The Kier molecular flexibility index (Phi) is 3.89. The van der Waals surface area contributed by atoms with Crippen LogP contribution in [0.5, 0.6) is 0 Å². The van der Waals surface area contributed by atoms with Crippen LogP contribution < -0.4 is 0 Å². The lowest BCUT2D eigenvalue weighted by molar-refractivity contribution is 0.838. The van der Waals surface area contributed by atoms with Gasteiger partial charge in [0.15, 0.2) is 0 Å². The molecule has 0 saturated heterocycles. The summed E-state index contributed by atoms with van der Waals surface area (Å²) in [6.45, 7) is 2.01. The van der Waals surface area contributed by atoms with Crippen molar-refractivity contribution in [2.24, 2.45) is 7.05 Å². The fourth-order valence-electron chi connectivity index (χ4n) is 1.72. The lowest BCUT2D eigenvalue weighted by atomic mass is 10.1. The van der Waals surface area contributed by atoms with Gasteiger partial charge in [-0.05, 0) is 53.4 Å². The van der Waals surface area contributed by atoms with Gasteiger partial charge < -0.3 is 4.57 Å². The first kappa shape index (κ1) is 12.7. The van der Waals surface area contributed by atoms with Gasteiger partial charge in [-0.25, -0.2) is 4.98 Å². The van der Waals surface area contributed by atoms with Crippen molar-refractivity contribution < 1.29 is 0 Å². The number of benzene rings is 1. The first-order valence-corrected chi connectivity index (χ1v) is 6.67. The van der Waals surface area contributed by atoms with Crippen molar-refractivity contribution in [3.63, 3.8) is 0 Å². The van der Waals surface area contributed by atoms with Crippen molar-refractivity contribution in [3.8, 4) is 0 Å². The number of hydrogen-bond acceptors (Lipinski definition) is 1. The summed E-state index contributed by atoms with van der Waals surface area (Å²) in [5.74, 6) is 1.03. The number of hydrogen-bond donors (Lipinski definition) is 0. The Labute approximate surface area is 115 Å². The second-order valence-corrected chi connectivity index (χ2v) is 5.27. The van der Waals surface area contributed by atoms with Crippen LogP contribution in [0.15, 0.2) is 28.9 Å². The zero-order valence-electron chi connectivity index (χ0n) is 9.87. The smallest absolute Gasteiger partial charge is 0.108 e. The number of aromatic nitrogens is 2. The maximum atomic E-state index is 5.85. The van der Waals surface area contributed by atoms with Crippen molar-refractivity contribution in [2.75, 3.05) is 0 Å². The predicted molar refractivity (Wildman–Crippen MR) is 74.5 cm³/mol. The van der Waals surface area contributed by atoms with Crippen LogP contribution in [0.4, 0.5) is 0 Å². The molecule has 2 rings (SSSR count). The molecule has 1 heterocycles. The molecular formula is C13H14BrClN2. The van der Waals surface area contributed by atoms with Crippen LogP contribution in [-0.2, 0) is 19.9 Å². The molecule has 90 valence electrons. The highest BCUT2D eigenvalue weighted by Gasteiger charge is 2.09. The quantitative estimate of drug-likeness (QED) is 0.839. The molecule has 0 aliphatic heterocycles. The molecule has 0 radical (unpaired) electrons.